The molecule has 1 aromatic carbocycles. The van der Waals surface area contributed by atoms with Gasteiger partial charge in [-0.05, 0) is 30.5 Å². The second kappa shape index (κ2) is 5.23. The number of rotatable bonds is 3. The third kappa shape index (κ3) is 2.46. The average Bonchev–Trinajstić information content (AvgIpc) is 2.21. The van der Waals surface area contributed by atoms with E-state index in [-0.39, 0.29) is 0 Å². The Morgan fingerprint density at radius 1 is 1.29 bits per heavy atom. The van der Waals surface area contributed by atoms with E-state index in [1.165, 1.54) is 16.7 Å². The lowest BCUT2D eigenvalue weighted by atomic mass is 10.0. The number of aryl methyl sites for hydroxylation is 1. The predicted molar refractivity (Wildman–Crippen MR) is 64.2 cm³/mol. The van der Waals surface area contributed by atoms with Gasteiger partial charge in [-0.1, -0.05) is 55.1 Å². The Hall–Kier alpha value is -1.56. The lowest BCUT2D eigenvalue weighted by Gasteiger charge is -2.05. The summed E-state index contributed by atoms with van der Waals surface area (Å²) in [6, 6.07) is 8.38. The van der Waals surface area contributed by atoms with Crippen LogP contribution in [0.2, 0.25) is 0 Å². The molecule has 0 amide bonds. The van der Waals surface area contributed by atoms with E-state index in [1.807, 2.05) is 6.08 Å². The van der Waals surface area contributed by atoms with Gasteiger partial charge < -0.3 is 0 Å². The fourth-order valence-corrected chi connectivity index (χ4v) is 1.41. The molecule has 0 aliphatic heterocycles. The number of hydrogen-bond donors (Lipinski definition) is 0. The first kappa shape index (κ1) is 10.5. The van der Waals surface area contributed by atoms with Gasteiger partial charge in [0.1, 0.15) is 0 Å². The molecule has 0 aromatic heterocycles. The lowest BCUT2D eigenvalue weighted by Crippen LogP contribution is -1.84. The molecule has 0 unspecified atom stereocenters. The van der Waals surface area contributed by atoms with Crippen LogP contribution in [0.4, 0.5) is 0 Å². The van der Waals surface area contributed by atoms with Crippen LogP contribution in [0.5, 0.6) is 0 Å². The van der Waals surface area contributed by atoms with Crippen LogP contribution in [-0.2, 0) is 0 Å². The van der Waals surface area contributed by atoms with Crippen LogP contribution in [0.15, 0.2) is 55.1 Å². The molecule has 0 heterocycles. The summed E-state index contributed by atoms with van der Waals surface area (Å²) in [6.07, 6.45) is 7.95. The van der Waals surface area contributed by atoms with Gasteiger partial charge in [0, 0.05) is 0 Å². The number of hydrogen-bond acceptors (Lipinski definition) is 0. The van der Waals surface area contributed by atoms with Crippen molar-refractivity contribution in [3.8, 4) is 0 Å². The summed E-state index contributed by atoms with van der Waals surface area (Å²) in [4.78, 5) is 0. The summed E-state index contributed by atoms with van der Waals surface area (Å²) >= 11 is 0. The maximum Gasteiger partial charge on any atom is -0.0158 e. The summed E-state index contributed by atoms with van der Waals surface area (Å²) in [7, 11) is 0. The summed E-state index contributed by atoms with van der Waals surface area (Å²) in [5.41, 5.74) is 3.82. The molecule has 0 atom stereocenters. The van der Waals surface area contributed by atoms with Gasteiger partial charge in [0.2, 0.25) is 0 Å². The Labute approximate surface area is 86.3 Å². The fraction of sp³-hybridized carbons (Fsp3) is 0.143. The molecule has 72 valence electrons. The summed E-state index contributed by atoms with van der Waals surface area (Å²) < 4.78 is 0. The molecule has 0 heteroatoms. The van der Waals surface area contributed by atoms with Crippen molar-refractivity contribution in [2.75, 3.05) is 0 Å². The Balaban J connectivity index is 3.08. The average molecular weight is 184 g/mol. The number of allylic oxidation sites excluding steroid dienone is 5. The van der Waals surface area contributed by atoms with Crippen LogP contribution in [0.25, 0.3) is 5.57 Å². The molecule has 0 nitrogen and oxygen atoms in total. The Bertz CT molecular complexity index is 367. The SMILES string of the molecule is C=C/C=C\C(=C/C)c1ccccc1C. The first-order valence-corrected chi connectivity index (χ1v) is 4.81. The summed E-state index contributed by atoms with van der Waals surface area (Å²) in [5.74, 6) is 0. The topological polar surface area (TPSA) is 0 Å². The highest BCUT2D eigenvalue weighted by atomic mass is 14.0. The van der Waals surface area contributed by atoms with Gasteiger partial charge in [0.05, 0.1) is 0 Å². The Morgan fingerprint density at radius 3 is 2.57 bits per heavy atom. The molecule has 0 radical (unpaired) electrons. The molecular weight excluding hydrogens is 168 g/mol. The van der Waals surface area contributed by atoms with Gasteiger partial charge in [0.25, 0.3) is 0 Å². The molecule has 0 aliphatic rings. The molecule has 14 heavy (non-hydrogen) atoms. The van der Waals surface area contributed by atoms with E-state index in [9.17, 15) is 0 Å². The zero-order chi connectivity index (χ0) is 10.4. The van der Waals surface area contributed by atoms with Gasteiger partial charge in [0.15, 0.2) is 0 Å². The van der Waals surface area contributed by atoms with Crippen molar-refractivity contribution in [3.63, 3.8) is 0 Å². The van der Waals surface area contributed by atoms with Gasteiger partial charge in [-0.2, -0.15) is 0 Å². The third-order valence-corrected chi connectivity index (χ3v) is 2.18. The van der Waals surface area contributed by atoms with E-state index in [0.29, 0.717) is 0 Å². The first-order chi connectivity index (χ1) is 6.79. The van der Waals surface area contributed by atoms with Crippen LogP contribution >= 0.6 is 0 Å². The quantitative estimate of drug-likeness (QED) is 0.619. The highest BCUT2D eigenvalue weighted by molar-refractivity contribution is 5.75. The van der Waals surface area contributed by atoms with E-state index >= 15 is 0 Å². The smallest absolute Gasteiger partial charge is 0.0158 e. The van der Waals surface area contributed by atoms with Gasteiger partial charge in [-0.15, -0.1) is 0 Å². The molecule has 0 aliphatic carbocycles. The van der Waals surface area contributed by atoms with E-state index in [4.69, 9.17) is 0 Å². The molecule has 0 bridgehead atoms. The minimum absolute atomic E-state index is 1.24. The summed E-state index contributed by atoms with van der Waals surface area (Å²) in [6.45, 7) is 7.85. The maximum absolute atomic E-state index is 3.67. The highest BCUT2D eigenvalue weighted by Gasteiger charge is 1.98. The third-order valence-electron chi connectivity index (χ3n) is 2.18. The molecule has 0 saturated heterocycles. The van der Waals surface area contributed by atoms with E-state index in [0.717, 1.165) is 0 Å². The van der Waals surface area contributed by atoms with E-state index in [1.54, 1.807) is 6.08 Å². The van der Waals surface area contributed by atoms with Crippen molar-refractivity contribution in [1.29, 1.82) is 0 Å². The number of benzene rings is 1. The van der Waals surface area contributed by atoms with Crippen LogP contribution in [-0.4, -0.2) is 0 Å². The Morgan fingerprint density at radius 2 is 2.00 bits per heavy atom. The molecule has 1 rings (SSSR count). The van der Waals surface area contributed by atoms with Crippen molar-refractivity contribution in [3.05, 3.63) is 66.3 Å². The molecule has 0 fully saturated rings. The van der Waals surface area contributed by atoms with Crippen molar-refractivity contribution < 1.29 is 0 Å². The van der Waals surface area contributed by atoms with Crippen molar-refractivity contribution in [2.24, 2.45) is 0 Å². The molecule has 0 saturated carbocycles. The minimum atomic E-state index is 1.24. The standard InChI is InChI=1S/C14H16/c1-4-6-10-13(5-2)14-11-8-7-9-12(14)3/h4-11H,1H2,2-3H3/b10-6-,13-5+. The molecule has 0 N–H and O–H groups in total. The zero-order valence-corrected chi connectivity index (χ0v) is 8.83. The molecular formula is C14H16. The first-order valence-electron chi connectivity index (χ1n) is 4.81. The largest absolute Gasteiger partial charge is 0.0991 e. The highest BCUT2D eigenvalue weighted by Crippen LogP contribution is 2.19. The predicted octanol–water partition coefficient (Wildman–Crippen LogP) is 4.14. The van der Waals surface area contributed by atoms with E-state index < -0.39 is 0 Å². The van der Waals surface area contributed by atoms with Crippen LogP contribution in [0.3, 0.4) is 0 Å². The second-order valence-corrected chi connectivity index (χ2v) is 3.15. The fourth-order valence-electron chi connectivity index (χ4n) is 1.41. The van der Waals surface area contributed by atoms with Gasteiger partial charge in [-0.25, -0.2) is 0 Å². The normalized spacial score (nSPS) is 12.0. The van der Waals surface area contributed by atoms with Crippen molar-refractivity contribution in [2.45, 2.75) is 13.8 Å². The van der Waals surface area contributed by atoms with E-state index in [2.05, 4.69) is 56.8 Å². The van der Waals surface area contributed by atoms with Crippen LogP contribution in [0, 0.1) is 6.92 Å². The summed E-state index contributed by atoms with van der Waals surface area (Å²) in [5, 5.41) is 0. The van der Waals surface area contributed by atoms with Crippen molar-refractivity contribution in [1.82, 2.24) is 0 Å². The second-order valence-electron chi connectivity index (χ2n) is 3.15. The molecule has 1 aromatic rings. The lowest BCUT2D eigenvalue weighted by molar-refractivity contribution is 1.42. The Kier molecular flexibility index (Phi) is 3.93. The minimum Gasteiger partial charge on any atom is -0.0991 e. The molecule has 0 spiro atoms. The van der Waals surface area contributed by atoms with Crippen molar-refractivity contribution >= 4 is 5.57 Å². The maximum atomic E-state index is 3.67. The van der Waals surface area contributed by atoms with Crippen LogP contribution < -0.4 is 0 Å². The zero-order valence-electron chi connectivity index (χ0n) is 8.83. The monoisotopic (exact) mass is 184 g/mol. The van der Waals surface area contributed by atoms with Gasteiger partial charge in [-0.3, -0.25) is 0 Å². The van der Waals surface area contributed by atoms with Gasteiger partial charge >= 0.3 is 0 Å². The van der Waals surface area contributed by atoms with Crippen LogP contribution in [0.1, 0.15) is 18.1 Å².